The number of hydrogen-bond donors (Lipinski definition) is 2. The average Bonchev–Trinajstić information content (AvgIpc) is 2.86. The van der Waals surface area contributed by atoms with Gasteiger partial charge < -0.3 is 5.73 Å². The van der Waals surface area contributed by atoms with E-state index in [1.165, 1.54) is 22.5 Å². The van der Waals surface area contributed by atoms with Crippen LogP contribution in [-0.2, 0) is 4.79 Å². The van der Waals surface area contributed by atoms with E-state index >= 15 is 0 Å². The van der Waals surface area contributed by atoms with Crippen LogP contribution < -0.4 is 11.1 Å². The molecule has 1 atom stereocenters. The molecule has 1 amide bonds. The molecule has 0 aliphatic rings. The Morgan fingerprint density at radius 2 is 1.91 bits per heavy atom. The molecule has 3 N–H and O–H groups in total. The third kappa shape index (κ3) is 3.90. The molecule has 0 saturated heterocycles. The van der Waals surface area contributed by atoms with Gasteiger partial charge in [0.25, 0.3) is 0 Å². The highest BCUT2D eigenvalue weighted by molar-refractivity contribution is 7.18. The lowest BCUT2D eigenvalue weighted by Crippen LogP contribution is -2.48. The first-order valence-electron chi connectivity index (χ1n) is 7.34. The largest absolute Gasteiger partial charge is 0.318 e. The van der Waals surface area contributed by atoms with E-state index in [0.29, 0.717) is 11.6 Å². The van der Waals surface area contributed by atoms with Crippen molar-refractivity contribution in [2.24, 2.45) is 5.73 Å². The maximum atomic E-state index is 12.2. The van der Waals surface area contributed by atoms with Gasteiger partial charge >= 0.3 is 0 Å². The van der Waals surface area contributed by atoms with Gasteiger partial charge in [-0.2, -0.15) is 0 Å². The number of benzene rings is 1. The van der Waals surface area contributed by atoms with Crippen LogP contribution in [0.4, 0.5) is 5.13 Å². The summed E-state index contributed by atoms with van der Waals surface area (Å²) in [5, 5.41) is 12.2. The zero-order chi connectivity index (χ0) is 16.3. The SMILES string of the molecule is CCCC(C)(N)C(=O)Nc1nnc(-c2cc(C)cc(C)c2)s1. The number of nitrogens with zero attached hydrogens (tertiary/aromatic N) is 2. The van der Waals surface area contributed by atoms with Gasteiger partial charge in [-0.15, -0.1) is 10.2 Å². The van der Waals surface area contributed by atoms with Crippen molar-refractivity contribution in [3.8, 4) is 10.6 Å². The van der Waals surface area contributed by atoms with E-state index < -0.39 is 5.54 Å². The third-order valence-electron chi connectivity index (χ3n) is 3.40. The minimum Gasteiger partial charge on any atom is -0.318 e. The van der Waals surface area contributed by atoms with Gasteiger partial charge in [-0.05, 0) is 39.3 Å². The van der Waals surface area contributed by atoms with Crippen molar-refractivity contribution in [1.29, 1.82) is 0 Å². The molecule has 1 aromatic heterocycles. The topological polar surface area (TPSA) is 80.9 Å². The Balaban J connectivity index is 2.16. The third-order valence-corrected chi connectivity index (χ3v) is 4.29. The lowest BCUT2D eigenvalue weighted by Gasteiger charge is -2.21. The zero-order valence-corrected chi connectivity index (χ0v) is 14.3. The second-order valence-electron chi connectivity index (χ2n) is 5.91. The van der Waals surface area contributed by atoms with Crippen LogP contribution in [0.25, 0.3) is 10.6 Å². The summed E-state index contributed by atoms with van der Waals surface area (Å²) in [4.78, 5) is 12.2. The molecule has 5 nitrogen and oxygen atoms in total. The van der Waals surface area contributed by atoms with Gasteiger partial charge in [0.15, 0.2) is 0 Å². The molecule has 2 aromatic rings. The number of nitrogens with one attached hydrogen (secondary N) is 1. The number of aryl methyl sites for hydroxylation is 2. The first-order chi connectivity index (χ1) is 10.3. The number of carbonyl (C=O) groups is 1. The summed E-state index contributed by atoms with van der Waals surface area (Å²) in [5.74, 6) is -0.225. The number of rotatable bonds is 5. The summed E-state index contributed by atoms with van der Waals surface area (Å²) < 4.78 is 0. The number of hydrogen-bond acceptors (Lipinski definition) is 5. The monoisotopic (exact) mass is 318 g/mol. The fraction of sp³-hybridized carbons (Fsp3) is 0.438. The highest BCUT2D eigenvalue weighted by Gasteiger charge is 2.28. The molecule has 2 rings (SSSR count). The Morgan fingerprint density at radius 3 is 2.50 bits per heavy atom. The second-order valence-corrected chi connectivity index (χ2v) is 6.89. The molecule has 1 unspecified atom stereocenters. The van der Waals surface area contributed by atoms with Gasteiger partial charge in [0, 0.05) is 5.56 Å². The molecule has 22 heavy (non-hydrogen) atoms. The van der Waals surface area contributed by atoms with Crippen LogP contribution in [0.15, 0.2) is 18.2 Å². The average molecular weight is 318 g/mol. The predicted octanol–water partition coefficient (Wildman–Crippen LogP) is 3.28. The van der Waals surface area contributed by atoms with Crippen LogP contribution >= 0.6 is 11.3 Å². The lowest BCUT2D eigenvalue weighted by atomic mass is 9.97. The van der Waals surface area contributed by atoms with Gasteiger partial charge in [0.05, 0.1) is 5.54 Å². The molecule has 118 valence electrons. The maximum absolute atomic E-state index is 12.2. The molecular weight excluding hydrogens is 296 g/mol. The minimum absolute atomic E-state index is 0.225. The minimum atomic E-state index is -0.888. The smallest absolute Gasteiger partial charge is 0.245 e. The normalized spacial score (nSPS) is 13.7. The highest BCUT2D eigenvalue weighted by atomic mass is 32.1. The van der Waals surface area contributed by atoms with E-state index in [4.69, 9.17) is 5.73 Å². The Kier molecular flexibility index (Phi) is 4.93. The van der Waals surface area contributed by atoms with Crippen LogP contribution in [-0.4, -0.2) is 21.6 Å². The number of amides is 1. The summed E-state index contributed by atoms with van der Waals surface area (Å²) in [5.41, 5.74) is 8.49. The lowest BCUT2D eigenvalue weighted by molar-refractivity contribution is -0.120. The van der Waals surface area contributed by atoms with Crippen molar-refractivity contribution in [1.82, 2.24) is 10.2 Å². The van der Waals surface area contributed by atoms with Crippen molar-refractivity contribution >= 4 is 22.4 Å². The molecule has 0 aliphatic carbocycles. The van der Waals surface area contributed by atoms with Crippen molar-refractivity contribution in [2.75, 3.05) is 5.32 Å². The van der Waals surface area contributed by atoms with Crippen LogP contribution in [0.2, 0.25) is 0 Å². The predicted molar refractivity (Wildman–Crippen MR) is 90.9 cm³/mol. The standard InChI is InChI=1S/C16H22N4OS/c1-5-6-16(4,17)14(21)18-15-20-19-13(22-15)12-8-10(2)7-11(3)9-12/h7-9H,5-6,17H2,1-4H3,(H,18,20,21). The first kappa shape index (κ1) is 16.6. The highest BCUT2D eigenvalue weighted by Crippen LogP contribution is 2.28. The van der Waals surface area contributed by atoms with E-state index in [-0.39, 0.29) is 5.91 Å². The molecule has 0 aliphatic heterocycles. The summed E-state index contributed by atoms with van der Waals surface area (Å²) in [7, 11) is 0. The molecule has 1 aromatic carbocycles. The van der Waals surface area contributed by atoms with Gasteiger partial charge in [-0.1, -0.05) is 41.9 Å². The molecule has 1 heterocycles. The van der Waals surface area contributed by atoms with Crippen molar-refractivity contribution in [3.63, 3.8) is 0 Å². The number of anilines is 1. The fourth-order valence-electron chi connectivity index (χ4n) is 2.36. The van der Waals surface area contributed by atoms with Crippen LogP contribution in [0.5, 0.6) is 0 Å². The summed E-state index contributed by atoms with van der Waals surface area (Å²) in [6.07, 6.45) is 1.48. The van der Waals surface area contributed by atoms with Crippen LogP contribution in [0.1, 0.15) is 37.8 Å². The van der Waals surface area contributed by atoms with Crippen LogP contribution in [0.3, 0.4) is 0 Å². The molecule has 0 radical (unpaired) electrons. The molecule has 0 fully saturated rings. The second kappa shape index (κ2) is 6.54. The Labute approximate surface area is 135 Å². The first-order valence-corrected chi connectivity index (χ1v) is 8.16. The quantitative estimate of drug-likeness (QED) is 0.886. The van der Waals surface area contributed by atoms with E-state index in [0.717, 1.165) is 17.0 Å². The molecule has 0 spiro atoms. The number of carbonyl (C=O) groups excluding carboxylic acids is 1. The van der Waals surface area contributed by atoms with Crippen molar-refractivity contribution < 1.29 is 4.79 Å². The number of aromatic nitrogens is 2. The summed E-state index contributed by atoms with van der Waals surface area (Å²) in [6, 6.07) is 6.23. The maximum Gasteiger partial charge on any atom is 0.245 e. The molecule has 6 heteroatoms. The van der Waals surface area contributed by atoms with E-state index in [1.807, 2.05) is 20.8 Å². The fourth-order valence-corrected chi connectivity index (χ4v) is 3.09. The van der Waals surface area contributed by atoms with Crippen molar-refractivity contribution in [2.45, 2.75) is 46.1 Å². The van der Waals surface area contributed by atoms with Gasteiger partial charge in [0.1, 0.15) is 5.01 Å². The Bertz CT molecular complexity index is 658. The van der Waals surface area contributed by atoms with Gasteiger partial charge in [-0.3, -0.25) is 10.1 Å². The zero-order valence-electron chi connectivity index (χ0n) is 13.4. The van der Waals surface area contributed by atoms with Gasteiger partial charge in [-0.25, -0.2) is 0 Å². The van der Waals surface area contributed by atoms with Crippen molar-refractivity contribution in [3.05, 3.63) is 29.3 Å². The van der Waals surface area contributed by atoms with E-state index in [9.17, 15) is 4.79 Å². The summed E-state index contributed by atoms with van der Waals surface area (Å²) in [6.45, 7) is 7.83. The number of nitrogens with two attached hydrogens (primary N) is 1. The summed E-state index contributed by atoms with van der Waals surface area (Å²) >= 11 is 1.36. The van der Waals surface area contributed by atoms with Gasteiger partial charge in [0.2, 0.25) is 11.0 Å². The van der Waals surface area contributed by atoms with Crippen LogP contribution in [0, 0.1) is 13.8 Å². The Morgan fingerprint density at radius 1 is 1.27 bits per heavy atom. The molecule has 0 bridgehead atoms. The van der Waals surface area contributed by atoms with E-state index in [2.05, 4.69) is 33.7 Å². The molecule has 0 saturated carbocycles. The van der Waals surface area contributed by atoms with E-state index in [1.54, 1.807) is 6.92 Å². The molecular formula is C16H22N4OS. The Hall–Kier alpha value is -1.79.